The van der Waals surface area contributed by atoms with Crippen molar-refractivity contribution in [1.29, 1.82) is 0 Å². The van der Waals surface area contributed by atoms with Crippen molar-refractivity contribution < 1.29 is 24.2 Å². The van der Waals surface area contributed by atoms with Gasteiger partial charge in [0.1, 0.15) is 0 Å². The number of nitroso groups, excluding NO2 is 1. The summed E-state index contributed by atoms with van der Waals surface area (Å²) >= 11 is 0. The van der Waals surface area contributed by atoms with Crippen LogP contribution in [0.4, 0.5) is 0 Å². The fourth-order valence-corrected chi connectivity index (χ4v) is 5.47. The summed E-state index contributed by atoms with van der Waals surface area (Å²) in [5, 5.41) is 12.3. The van der Waals surface area contributed by atoms with Crippen LogP contribution >= 0.6 is 0 Å². The van der Waals surface area contributed by atoms with Crippen LogP contribution in [0.2, 0.25) is 0 Å². The van der Waals surface area contributed by atoms with E-state index in [2.05, 4.69) is 23.9 Å². The lowest BCUT2D eigenvalue weighted by molar-refractivity contribution is -0.144. The predicted octanol–water partition coefficient (Wildman–Crippen LogP) is 8.06. The first kappa shape index (κ1) is 43.4. The van der Waals surface area contributed by atoms with Gasteiger partial charge in [0.15, 0.2) is 0 Å². The zero-order chi connectivity index (χ0) is 33.1. The van der Waals surface area contributed by atoms with Gasteiger partial charge >= 0.3 is 11.9 Å². The lowest BCUT2D eigenvalue weighted by Gasteiger charge is -2.26. The van der Waals surface area contributed by atoms with Crippen molar-refractivity contribution >= 4 is 11.9 Å². The summed E-state index contributed by atoms with van der Waals surface area (Å²) in [5.74, 6) is -0.423. The number of carbonyl (C=O) groups excluding carboxylic acids is 2. The van der Waals surface area contributed by atoms with E-state index in [0.29, 0.717) is 52.5 Å². The number of aliphatic hydroxyl groups is 1. The number of hydrogen-bond donors (Lipinski definition) is 1. The Labute approximate surface area is 276 Å². The van der Waals surface area contributed by atoms with E-state index in [-0.39, 0.29) is 37.9 Å². The smallest absolute Gasteiger partial charge is 0.307 e. The van der Waals surface area contributed by atoms with Crippen LogP contribution < -0.4 is 0 Å². The number of nitrogens with zero attached hydrogens (tertiary/aromatic N) is 3. The maximum absolute atomic E-state index is 12.4. The highest BCUT2D eigenvalue weighted by Gasteiger charge is 2.14. The maximum atomic E-state index is 12.4. The Morgan fingerprint density at radius 3 is 1.22 bits per heavy atom. The second-order valence-electron chi connectivity index (χ2n) is 12.6. The van der Waals surface area contributed by atoms with E-state index in [4.69, 9.17) is 9.47 Å². The molecule has 0 aliphatic carbocycles. The molecule has 0 saturated heterocycles. The van der Waals surface area contributed by atoms with Gasteiger partial charge < -0.3 is 19.5 Å². The fourth-order valence-electron chi connectivity index (χ4n) is 5.47. The summed E-state index contributed by atoms with van der Waals surface area (Å²) in [4.78, 5) is 39.5. The maximum Gasteiger partial charge on any atom is 0.307 e. The molecule has 0 aromatic heterocycles. The average molecular weight is 642 g/mol. The summed E-state index contributed by atoms with van der Waals surface area (Å²) in [7, 11) is 0. The Hall–Kier alpha value is -1.58. The standard InChI is InChI=1S/C36H71N3O6/c1-3-5-7-9-11-13-15-17-19-21-33-44-35(41)23-26-38(29-30-39(31-32-40)28-25-37-43)27-24-36(42)45-34-22-20-18-16-14-12-10-8-6-4-2/h40H,3-34H2,1-2H3. The highest BCUT2D eigenvalue weighted by Crippen LogP contribution is 2.12. The van der Waals surface area contributed by atoms with Crippen LogP contribution in [0.1, 0.15) is 155 Å². The number of ether oxygens (including phenoxy) is 2. The van der Waals surface area contributed by atoms with Crippen LogP contribution in [0.25, 0.3) is 0 Å². The van der Waals surface area contributed by atoms with Gasteiger partial charge in [0.05, 0.1) is 39.2 Å². The molecule has 0 spiro atoms. The fraction of sp³-hybridized carbons (Fsp3) is 0.944. The molecule has 0 fully saturated rings. The molecule has 0 rings (SSSR count). The van der Waals surface area contributed by atoms with Crippen LogP contribution in [0.5, 0.6) is 0 Å². The van der Waals surface area contributed by atoms with Crippen molar-refractivity contribution in [2.75, 3.05) is 65.6 Å². The van der Waals surface area contributed by atoms with Crippen LogP contribution in [-0.2, 0) is 19.1 Å². The first-order valence-corrected chi connectivity index (χ1v) is 18.7. The third kappa shape index (κ3) is 32.2. The monoisotopic (exact) mass is 642 g/mol. The second kappa shape index (κ2) is 35.3. The third-order valence-electron chi connectivity index (χ3n) is 8.44. The van der Waals surface area contributed by atoms with Gasteiger partial charge in [0, 0.05) is 39.3 Å². The molecule has 0 aromatic carbocycles. The van der Waals surface area contributed by atoms with Crippen molar-refractivity contribution in [2.24, 2.45) is 5.18 Å². The molecule has 0 aliphatic heterocycles. The van der Waals surface area contributed by atoms with Crippen molar-refractivity contribution in [3.8, 4) is 0 Å². The summed E-state index contributed by atoms with van der Waals surface area (Å²) in [6.07, 6.45) is 25.3. The number of rotatable bonds is 36. The Morgan fingerprint density at radius 1 is 0.511 bits per heavy atom. The number of unbranched alkanes of at least 4 members (excludes halogenated alkanes) is 18. The summed E-state index contributed by atoms with van der Waals surface area (Å²) < 4.78 is 11.0. The van der Waals surface area contributed by atoms with Gasteiger partial charge in [-0.3, -0.25) is 14.5 Å². The topological polar surface area (TPSA) is 109 Å². The van der Waals surface area contributed by atoms with E-state index in [1.807, 2.05) is 4.90 Å². The van der Waals surface area contributed by atoms with Gasteiger partial charge in [-0.25, -0.2) is 0 Å². The molecule has 0 aromatic rings. The number of hydrogen-bond acceptors (Lipinski definition) is 9. The highest BCUT2D eigenvalue weighted by molar-refractivity contribution is 5.70. The van der Waals surface area contributed by atoms with Crippen LogP contribution in [0.15, 0.2) is 5.18 Å². The lowest BCUT2D eigenvalue weighted by atomic mass is 10.1. The summed E-state index contributed by atoms with van der Waals surface area (Å²) in [6, 6.07) is 0. The summed E-state index contributed by atoms with van der Waals surface area (Å²) in [6.45, 7) is 8.68. The minimum Gasteiger partial charge on any atom is -0.466 e. The predicted molar refractivity (Wildman–Crippen MR) is 185 cm³/mol. The first-order valence-electron chi connectivity index (χ1n) is 18.7. The van der Waals surface area contributed by atoms with E-state index in [1.165, 1.54) is 103 Å². The normalized spacial score (nSPS) is 11.4. The zero-order valence-electron chi connectivity index (χ0n) is 29.5. The molecule has 0 bridgehead atoms. The largest absolute Gasteiger partial charge is 0.466 e. The molecule has 9 nitrogen and oxygen atoms in total. The van der Waals surface area contributed by atoms with Crippen molar-refractivity contribution in [1.82, 2.24) is 9.80 Å². The molecule has 1 N–H and O–H groups in total. The Kier molecular flexibility index (Phi) is 34.0. The SMILES string of the molecule is CCCCCCCCCCCCOC(=O)CCN(CCC(=O)OCCCCCCCCCCCC)CCN(CCO)CCN=O. The van der Waals surface area contributed by atoms with Crippen molar-refractivity contribution in [3.05, 3.63) is 4.91 Å². The van der Waals surface area contributed by atoms with Gasteiger partial charge in [-0.2, -0.15) is 4.91 Å². The van der Waals surface area contributed by atoms with E-state index >= 15 is 0 Å². The molecule has 0 saturated carbocycles. The highest BCUT2D eigenvalue weighted by atomic mass is 16.5. The van der Waals surface area contributed by atoms with Crippen LogP contribution in [-0.4, -0.2) is 92.5 Å². The van der Waals surface area contributed by atoms with Gasteiger partial charge in [-0.1, -0.05) is 135 Å². The molecule has 0 radical (unpaired) electrons. The van der Waals surface area contributed by atoms with E-state index in [0.717, 1.165) is 25.7 Å². The molecular formula is C36H71N3O6. The van der Waals surface area contributed by atoms with E-state index in [9.17, 15) is 19.6 Å². The average Bonchev–Trinajstić information content (AvgIpc) is 3.04. The zero-order valence-corrected chi connectivity index (χ0v) is 29.5. The minimum atomic E-state index is -0.211. The van der Waals surface area contributed by atoms with E-state index in [1.54, 1.807) is 0 Å². The van der Waals surface area contributed by atoms with Crippen molar-refractivity contribution in [2.45, 2.75) is 155 Å². The number of aliphatic hydroxyl groups excluding tert-OH is 1. The Bertz CT molecular complexity index is 625. The summed E-state index contributed by atoms with van der Waals surface area (Å²) in [5.41, 5.74) is 0. The molecule has 0 atom stereocenters. The Balaban J connectivity index is 4.29. The Morgan fingerprint density at radius 2 is 0.867 bits per heavy atom. The second-order valence-corrected chi connectivity index (χ2v) is 12.6. The molecule has 0 aliphatic rings. The molecule has 0 amide bonds. The van der Waals surface area contributed by atoms with Gasteiger partial charge in [0.25, 0.3) is 0 Å². The van der Waals surface area contributed by atoms with Gasteiger partial charge in [0.2, 0.25) is 0 Å². The first-order chi connectivity index (χ1) is 22.1. The molecule has 45 heavy (non-hydrogen) atoms. The molecule has 266 valence electrons. The molecule has 0 heterocycles. The minimum absolute atomic E-state index is 0.00454. The molecular weight excluding hydrogens is 570 g/mol. The lowest BCUT2D eigenvalue weighted by Crippen LogP contribution is -2.39. The van der Waals surface area contributed by atoms with Crippen molar-refractivity contribution in [3.63, 3.8) is 0 Å². The number of esters is 2. The molecule has 0 unspecified atom stereocenters. The van der Waals surface area contributed by atoms with Gasteiger partial charge in [-0.15, -0.1) is 0 Å². The quantitative estimate of drug-likeness (QED) is 0.0416. The third-order valence-corrected chi connectivity index (χ3v) is 8.44. The van der Waals surface area contributed by atoms with E-state index < -0.39 is 0 Å². The van der Waals surface area contributed by atoms with Gasteiger partial charge in [-0.05, 0) is 12.8 Å². The molecule has 9 heteroatoms. The van der Waals surface area contributed by atoms with Crippen LogP contribution in [0.3, 0.4) is 0 Å². The van der Waals surface area contributed by atoms with Crippen LogP contribution in [0, 0.1) is 4.91 Å². The number of carbonyl (C=O) groups is 2.